The summed E-state index contributed by atoms with van der Waals surface area (Å²) >= 11 is 0. The van der Waals surface area contributed by atoms with Crippen LogP contribution in [0.15, 0.2) is 54.6 Å². The van der Waals surface area contributed by atoms with Gasteiger partial charge in [0.25, 0.3) is 5.91 Å². The summed E-state index contributed by atoms with van der Waals surface area (Å²) in [4.78, 5) is 15.1. The van der Waals surface area contributed by atoms with Gasteiger partial charge in [-0.25, -0.2) is 0 Å². The van der Waals surface area contributed by atoms with Gasteiger partial charge in [-0.3, -0.25) is 9.69 Å². The largest absolute Gasteiger partial charge is 0.381 e. The molecule has 160 valence electrons. The molecule has 1 N–H and O–H groups in total. The van der Waals surface area contributed by atoms with Crippen LogP contribution in [0.1, 0.15) is 42.7 Å². The first kappa shape index (κ1) is 22.1. The van der Waals surface area contributed by atoms with Gasteiger partial charge in [-0.2, -0.15) is 0 Å². The molecule has 3 aromatic rings. The van der Waals surface area contributed by atoms with Gasteiger partial charge in [-0.05, 0) is 49.7 Å². The van der Waals surface area contributed by atoms with Crippen LogP contribution < -0.4 is 5.32 Å². The van der Waals surface area contributed by atoms with Crippen molar-refractivity contribution in [3.05, 3.63) is 65.9 Å². The highest BCUT2D eigenvalue weighted by atomic mass is 16.5. The Hall–Kier alpha value is -2.63. The van der Waals surface area contributed by atoms with E-state index in [2.05, 4.69) is 29.4 Å². The van der Waals surface area contributed by atoms with Crippen molar-refractivity contribution in [1.29, 1.82) is 0 Å². The van der Waals surface area contributed by atoms with Crippen LogP contribution >= 0.6 is 0 Å². The van der Waals surface area contributed by atoms with E-state index in [1.54, 1.807) is 0 Å². The lowest BCUT2D eigenvalue weighted by Crippen LogP contribution is -2.36. The third-order valence-corrected chi connectivity index (χ3v) is 5.64. The first-order valence-electron chi connectivity index (χ1n) is 10.8. The molecule has 1 saturated heterocycles. The van der Waals surface area contributed by atoms with Crippen LogP contribution in [0.25, 0.3) is 10.9 Å². The average molecular weight is 408 g/mol. The first-order valence-corrected chi connectivity index (χ1v) is 10.8. The standard InChI is InChI=1S/C23H27N3O2.C2H6/c1-25(20-11-13-28-14-12-20)16-17-7-9-19(10-8-17)24-23(27)22-15-18-5-3-4-6-21(18)26(22)2;1-2/h3-10,15,20H,11-14,16H2,1-2H3,(H,24,27);1-2H3. The van der Waals surface area contributed by atoms with Crippen molar-refractivity contribution in [2.24, 2.45) is 7.05 Å². The molecular formula is C25H33N3O2. The lowest BCUT2D eigenvalue weighted by molar-refractivity contribution is 0.0407. The molecule has 0 spiro atoms. The topological polar surface area (TPSA) is 46.5 Å². The Morgan fingerprint density at radius 2 is 1.77 bits per heavy atom. The van der Waals surface area contributed by atoms with Gasteiger partial charge in [0.05, 0.1) is 0 Å². The van der Waals surface area contributed by atoms with Crippen molar-refractivity contribution in [1.82, 2.24) is 9.47 Å². The summed E-state index contributed by atoms with van der Waals surface area (Å²) in [5.41, 5.74) is 3.77. The van der Waals surface area contributed by atoms with Gasteiger partial charge in [0.15, 0.2) is 0 Å². The molecule has 1 aromatic heterocycles. The number of carbonyl (C=O) groups is 1. The molecular weight excluding hydrogens is 374 g/mol. The third-order valence-electron chi connectivity index (χ3n) is 5.64. The minimum absolute atomic E-state index is 0.0919. The average Bonchev–Trinajstić information content (AvgIpc) is 3.14. The van der Waals surface area contributed by atoms with Crippen molar-refractivity contribution < 1.29 is 9.53 Å². The molecule has 0 aliphatic carbocycles. The molecule has 1 amide bonds. The van der Waals surface area contributed by atoms with Crippen LogP contribution in [0.4, 0.5) is 5.69 Å². The van der Waals surface area contributed by atoms with E-state index < -0.39 is 0 Å². The smallest absolute Gasteiger partial charge is 0.272 e. The number of aromatic nitrogens is 1. The van der Waals surface area contributed by atoms with Crippen molar-refractivity contribution in [3.63, 3.8) is 0 Å². The maximum atomic E-state index is 12.7. The summed E-state index contributed by atoms with van der Waals surface area (Å²) in [7, 11) is 4.10. The molecule has 1 fully saturated rings. The van der Waals surface area contributed by atoms with Gasteiger partial charge in [-0.1, -0.05) is 44.2 Å². The van der Waals surface area contributed by atoms with Crippen molar-refractivity contribution in [2.75, 3.05) is 25.6 Å². The van der Waals surface area contributed by atoms with E-state index in [9.17, 15) is 4.79 Å². The SMILES string of the molecule is CC.CN(Cc1ccc(NC(=O)c2cc3ccccc3n2C)cc1)C1CCOCC1. The minimum Gasteiger partial charge on any atom is -0.381 e. The number of nitrogens with zero attached hydrogens (tertiary/aromatic N) is 2. The van der Waals surface area contributed by atoms with Crippen LogP contribution in [0.3, 0.4) is 0 Å². The van der Waals surface area contributed by atoms with E-state index in [-0.39, 0.29) is 5.91 Å². The molecule has 1 aliphatic rings. The fraction of sp³-hybridized carbons (Fsp3) is 0.400. The van der Waals surface area contributed by atoms with E-state index in [0.29, 0.717) is 11.7 Å². The number of fused-ring (bicyclic) bond motifs is 1. The van der Waals surface area contributed by atoms with Gasteiger partial charge < -0.3 is 14.6 Å². The fourth-order valence-corrected chi connectivity index (χ4v) is 3.94. The van der Waals surface area contributed by atoms with Crippen molar-refractivity contribution >= 4 is 22.5 Å². The molecule has 5 nitrogen and oxygen atoms in total. The third kappa shape index (κ3) is 5.10. The predicted molar refractivity (Wildman–Crippen MR) is 124 cm³/mol. The van der Waals surface area contributed by atoms with E-state index in [1.165, 1.54) is 5.56 Å². The number of nitrogens with one attached hydrogen (secondary N) is 1. The van der Waals surface area contributed by atoms with Gasteiger partial charge >= 0.3 is 0 Å². The summed E-state index contributed by atoms with van der Waals surface area (Å²) in [6.07, 6.45) is 2.19. The Morgan fingerprint density at radius 3 is 2.43 bits per heavy atom. The Bertz CT molecular complexity index is 956. The summed E-state index contributed by atoms with van der Waals surface area (Å²) in [6.45, 7) is 6.62. The first-order chi connectivity index (χ1) is 14.6. The quantitative estimate of drug-likeness (QED) is 0.642. The van der Waals surface area contributed by atoms with Crippen LogP contribution in [0.2, 0.25) is 0 Å². The maximum absolute atomic E-state index is 12.7. The number of rotatable bonds is 5. The second kappa shape index (κ2) is 10.4. The fourth-order valence-electron chi connectivity index (χ4n) is 3.94. The van der Waals surface area contributed by atoms with Crippen LogP contribution in [-0.2, 0) is 18.3 Å². The predicted octanol–water partition coefficient (Wildman–Crippen LogP) is 5.07. The van der Waals surface area contributed by atoms with Crippen LogP contribution in [0.5, 0.6) is 0 Å². The van der Waals surface area contributed by atoms with E-state index in [0.717, 1.165) is 49.2 Å². The Morgan fingerprint density at radius 1 is 1.10 bits per heavy atom. The second-order valence-corrected chi connectivity index (χ2v) is 7.56. The van der Waals surface area contributed by atoms with E-state index >= 15 is 0 Å². The monoisotopic (exact) mass is 407 g/mol. The normalized spacial score (nSPS) is 14.4. The number of hydrogen-bond acceptors (Lipinski definition) is 3. The molecule has 2 aromatic carbocycles. The van der Waals surface area contributed by atoms with Crippen LogP contribution in [-0.4, -0.2) is 41.7 Å². The highest BCUT2D eigenvalue weighted by molar-refractivity contribution is 6.06. The summed E-state index contributed by atoms with van der Waals surface area (Å²) in [5.74, 6) is -0.0919. The Kier molecular flexibility index (Phi) is 7.66. The molecule has 0 atom stereocenters. The molecule has 5 heteroatoms. The lowest BCUT2D eigenvalue weighted by Gasteiger charge is -2.31. The van der Waals surface area contributed by atoms with Gasteiger partial charge in [-0.15, -0.1) is 0 Å². The number of aryl methyl sites for hydroxylation is 1. The number of anilines is 1. The number of carbonyl (C=O) groups excluding carboxylic acids is 1. The Balaban J connectivity index is 0.00000124. The van der Waals surface area contributed by atoms with Crippen molar-refractivity contribution in [3.8, 4) is 0 Å². The summed E-state index contributed by atoms with van der Waals surface area (Å²) in [6, 6.07) is 18.7. The summed E-state index contributed by atoms with van der Waals surface area (Å²) in [5, 5.41) is 4.08. The lowest BCUT2D eigenvalue weighted by atomic mass is 10.1. The molecule has 0 radical (unpaired) electrons. The molecule has 30 heavy (non-hydrogen) atoms. The molecule has 0 bridgehead atoms. The molecule has 2 heterocycles. The molecule has 0 unspecified atom stereocenters. The van der Waals surface area contributed by atoms with Gasteiger partial charge in [0.2, 0.25) is 0 Å². The number of para-hydroxylation sites is 1. The van der Waals surface area contributed by atoms with Crippen LogP contribution in [0, 0.1) is 0 Å². The highest BCUT2D eigenvalue weighted by Crippen LogP contribution is 2.20. The minimum atomic E-state index is -0.0919. The number of hydrogen-bond donors (Lipinski definition) is 1. The number of ether oxygens (including phenoxy) is 1. The zero-order chi connectivity index (χ0) is 21.5. The second-order valence-electron chi connectivity index (χ2n) is 7.56. The summed E-state index contributed by atoms with van der Waals surface area (Å²) < 4.78 is 7.38. The van der Waals surface area contributed by atoms with Gasteiger partial charge in [0.1, 0.15) is 5.69 Å². The van der Waals surface area contributed by atoms with Gasteiger partial charge in [0, 0.05) is 49.4 Å². The number of benzene rings is 2. The highest BCUT2D eigenvalue weighted by Gasteiger charge is 2.18. The number of amides is 1. The maximum Gasteiger partial charge on any atom is 0.272 e. The zero-order valence-electron chi connectivity index (χ0n) is 18.5. The zero-order valence-corrected chi connectivity index (χ0v) is 18.5. The van der Waals surface area contributed by atoms with E-state index in [1.807, 2.05) is 67.9 Å². The van der Waals surface area contributed by atoms with E-state index in [4.69, 9.17) is 4.74 Å². The van der Waals surface area contributed by atoms with Crippen molar-refractivity contribution in [2.45, 2.75) is 39.3 Å². The molecule has 1 aliphatic heterocycles. The molecule has 4 rings (SSSR count). The molecule has 0 saturated carbocycles. The Labute approximate surface area is 179 Å².